The van der Waals surface area contributed by atoms with Crippen LogP contribution in [0, 0.1) is 19.7 Å². The predicted molar refractivity (Wildman–Crippen MR) is 125 cm³/mol. The van der Waals surface area contributed by atoms with Crippen LogP contribution in [0.15, 0.2) is 67.3 Å². The van der Waals surface area contributed by atoms with E-state index in [1.807, 2.05) is 19.1 Å². The van der Waals surface area contributed by atoms with E-state index in [1.54, 1.807) is 12.1 Å². The minimum Gasteiger partial charge on any atom is -0.490 e. The second kappa shape index (κ2) is 10.7. The molecule has 0 aliphatic carbocycles. The summed E-state index contributed by atoms with van der Waals surface area (Å²) in [6.07, 6.45) is 2.52. The van der Waals surface area contributed by atoms with Crippen LogP contribution in [-0.4, -0.2) is 6.61 Å². The Morgan fingerprint density at radius 2 is 1.77 bits per heavy atom. The lowest BCUT2D eigenvalue weighted by Gasteiger charge is -2.18. The highest BCUT2D eigenvalue weighted by Crippen LogP contribution is 2.35. The van der Waals surface area contributed by atoms with Crippen LogP contribution in [0.25, 0.3) is 0 Å². The molecule has 0 unspecified atom stereocenters. The SMILES string of the molecule is C=CCc1cc(CNc2cccc(C)c2C)cc(OCC)c1OCc1ccc(F)cc1. The van der Waals surface area contributed by atoms with Crippen molar-refractivity contribution in [2.24, 2.45) is 0 Å². The first kappa shape index (κ1) is 22.4. The van der Waals surface area contributed by atoms with Crippen LogP contribution in [0.5, 0.6) is 11.5 Å². The minimum atomic E-state index is -0.258. The fourth-order valence-electron chi connectivity index (χ4n) is 3.43. The summed E-state index contributed by atoms with van der Waals surface area (Å²) in [4.78, 5) is 0. The highest BCUT2D eigenvalue weighted by Gasteiger charge is 2.14. The van der Waals surface area contributed by atoms with Gasteiger partial charge in [-0.05, 0) is 79.8 Å². The van der Waals surface area contributed by atoms with Crippen molar-refractivity contribution in [3.05, 3.63) is 101 Å². The Balaban J connectivity index is 1.85. The lowest BCUT2D eigenvalue weighted by atomic mass is 10.0. The van der Waals surface area contributed by atoms with Crippen molar-refractivity contribution in [2.45, 2.75) is 40.3 Å². The van der Waals surface area contributed by atoms with Gasteiger partial charge >= 0.3 is 0 Å². The van der Waals surface area contributed by atoms with Crippen LogP contribution in [0.4, 0.5) is 10.1 Å². The van der Waals surface area contributed by atoms with Crippen LogP contribution in [0.1, 0.15) is 34.7 Å². The average Bonchev–Trinajstić information content (AvgIpc) is 2.76. The molecule has 162 valence electrons. The van der Waals surface area contributed by atoms with Gasteiger partial charge in [0.1, 0.15) is 12.4 Å². The van der Waals surface area contributed by atoms with E-state index < -0.39 is 0 Å². The quantitative estimate of drug-likeness (QED) is 0.368. The largest absolute Gasteiger partial charge is 0.490 e. The predicted octanol–water partition coefficient (Wildman–Crippen LogP) is 6.76. The smallest absolute Gasteiger partial charge is 0.165 e. The highest BCUT2D eigenvalue weighted by atomic mass is 19.1. The van der Waals surface area contributed by atoms with Gasteiger partial charge in [0.25, 0.3) is 0 Å². The third-order valence-electron chi connectivity index (χ3n) is 5.24. The van der Waals surface area contributed by atoms with E-state index in [2.05, 4.69) is 50.0 Å². The highest BCUT2D eigenvalue weighted by molar-refractivity contribution is 5.55. The number of benzene rings is 3. The molecule has 31 heavy (non-hydrogen) atoms. The molecule has 0 aromatic heterocycles. The van der Waals surface area contributed by atoms with Gasteiger partial charge in [-0.25, -0.2) is 4.39 Å². The van der Waals surface area contributed by atoms with Crippen molar-refractivity contribution < 1.29 is 13.9 Å². The van der Waals surface area contributed by atoms with Gasteiger partial charge in [-0.3, -0.25) is 0 Å². The Morgan fingerprint density at radius 3 is 2.48 bits per heavy atom. The van der Waals surface area contributed by atoms with E-state index in [0.717, 1.165) is 22.4 Å². The second-order valence-corrected chi connectivity index (χ2v) is 7.52. The summed E-state index contributed by atoms with van der Waals surface area (Å²) in [6.45, 7) is 11.6. The lowest BCUT2D eigenvalue weighted by Crippen LogP contribution is -2.06. The van der Waals surface area contributed by atoms with Crippen molar-refractivity contribution in [2.75, 3.05) is 11.9 Å². The van der Waals surface area contributed by atoms with Crippen LogP contribution < -0.4 is 14.8 Å². The Kier molecular flexibility index (Phi) is 7.71. The Hall–Kier alpha value is -3.27. The van der Waals surface area contributed by atoms with Crippen LogP contribution >= 0.6 is 0 Å². The molecular formula is C27H30FNO2. The number of hydrogen-bond donors (Lipinski definition) is 1. The van der Waals surface area contributed by atoms with Crippen LogP contribution in [-0.2, 0) is 19.6 Å². The molecular weight excluding hydrogens is 389 g/mol. The van der Waals surface area contributed by atoms with E-state index in [-0.39, 0.29) is 5.82 Å². The molecule has 3 rings (SSSR count). The van der Waals surface area contributed by atoms with Gasteiger partial charge in [0, 0.05) is 17.8 Å². The zero-order valence-corrected chi connectivity index (χ0v) is 18.5. The first-order valence-corrected chi connectivity index (χ1v) is 10.6. The summed E-state index contributed by atoms with van der Waals surface area (Å²) in [5.74, 6) is 1.16. The monoisotopic (exact) mass is 419 g/mol. The zero-order valence-electron chi connectivity index (χ0n) is 18.5. The molecule has 3 aromatic rings. The lowest BCUT2D eigenvalue weighted by molar-refractivity contribution is 0.267. The summed E-state index contributed by atoms with van der Waals surface area (Å²) in [5.41, 5.74) is 6.65. The maximum absolute atomic E-state index is 13.2. The van der Waals surface area contributed by atoms with Crippen LogP contribution in [0.2, 0.25) is 0 Å². The second-order valence-electron chi connectivity index (χ2n) is 7.52. The van der Waals surface area contributed by atoms with E-state index in [4.69, 9.17) is 9.47 Å². The average molecular weight is 420 g/mol. The molecule has 3 aromatic carbocycles. The van der Waals surface area contributed by atoms with E-state index >= 15 is 0 Å². The molecule has 0 fully saturated rings. The molecule has 0 amide bonds. The number of anilines is 1. The first-order valence-electron chi connectivity index (χ1n) is 10.6. The number of aryl methyl sites for hydroxylation is 1. The third kappa shape index (κ3) is 5.88. The standard InChI is InChI=1S/C27H30FNO2/c1-5-8-23-15-22(17-29-25-10-7-9-19(3)20(25)4)16-26(30-6-2)27(23)31-18-21-11-13-24(28)14-12-21/h5,7,9-16,29H,1,6,8,17-18H2,2-4H3. The summed E-state index contributed by atoms with van der Waals surface area (Å²) < 4.78 is 25.2. The molecule has 0 aliphatic heterocycles. The normalized spacial score (nSPS) is 10.6. The first-order chi connectivity index (χ1) is 15.0. The van der Waals surface area contributed by atoms with Crippen molar-refractivity contribution in [3.63, 3.8) is 0 Å². The molecule has 0 saturated carbocycles. The van der Waals surface area contributed by atoms with Gasteiger partial charge < -0.3 is 14.8 Å². The molecule has 0 spiro atoms. The van der Waals surface area contributed by atoms with Gasteiger partial charge in [-0.1, -0.05) is 30.3 Å². The molecule has 0 bridgehead atoms. The van der Waals surface area contributed by atoms with Crippen molar-refractivity contribution in [1.82, 2.24) is 0 Å². The molecule has 0 aliphatic rings. The van der Waals surface area contributed by atoms with Crippen molar-refractivity contribution in [1.29, 1.82) is 0 Å². The molecule has 0 saturated heterocycles. The van der Waals surface area contributed by atoms with E-state index in [1.165, 1.54) is 23.3 Å². The minimum absolute atomic E-state index is 0.258. The van der Waals surface area contributed by atoms with E-state index in [9.17, 15) is 4.39 Å². The number of halogens is 1. The molecule has 4 heteroatoms. The molecule has 0 radical (unpaired) electrons. The number of nitrogens with one attached hydrogen (secondary N) is 1. The van der Waals surface area contributed by atoms with Gasteiger partial charge in [0.15, 0.2) is 11.5 Å². The van der Waals surface area contributed by atoms with Gasteiger partial charge in [-0.15, -0.1) is 6.58 Å². The maximum Gasteiger partial charge on any atom is 0.165 e. The summed E-state index contributed by atoms with van der Waals surface area (Å²) in [7, 11) is 0. The number of ether oxygens (including phenoxy) is 2. The summed E-state index contributed by atoms with van der Waals surface area (Å²) in [6, 6.07) is 16.8. The number of allylic oxidation sites excluding steroid dienone is 1. The number of hydrogen-bond acceptors (Lipinski definition) is 3. The number of rotatable bonds is 10. The summed E-state index contributed by atoms with van der Waals surface area (Å²) in [5, 5.41) is 3.53. The molecule has 3 nitrogen and oxygen atoms in total. The third-order valence-corrected chi connectivity index (χ3v) is 5.24. The fraction of sp³-hybridized carbons (Fsp3) is 0.259. The van der Waals surface area contributed by atoms with Gasteiger partial charge in [-0.2, -0.15) is 0 Å². The summed E-state index contributed by atoms with van der Waals surface area (Å²) >= 11 is 0. The molecule has 1 N–H and O–H groups in total. The Bertz CT molecular complexity index is 1030. The van der Waals surface area contributed by atoms with Crippen molar-refractivity contribution >= 4 is 5.69 Å². The molecule has 0 atom stereocenters. The van der Waals surface area contributed by atoms with Crippen LogP contribution in [0.3, 0.4) is 0 Å². The van der Waals surface area contributed by atoms with E-state index in [0.29, 0.717) is 37.7 Å². The Labute approximate surface area is 184 Å². The van der Waals surface area contributed by atoms with Gasteiger partial charge in [0.2, 0.25) is 0 Å². The van der Waals surface area contributed by atoms with Crippen molar-refractivity contribution in [3.8, 4) is 11.5 Å². The maximum atomic E-state index is 13.2. The molecule has 0 heterocycles. The Morgan fingerprint density at radius 1 is 1.00 bits per heavy atom. The van der Waals surface area contributed by atoms with Gasteiger partial charge in [0.05, 0.1) is 6.61 Å². The zero-order chi connectivity index (χ0) is 22.2. The topological polar surface area (TPSA) is 30.5 Å². The fourth-order valence-corrected chi connectivity index (χ4v) is 3.43.